The third kappa shape index (κ3) is 4.34. The van der Waals surface area contributed by atoms with Gasteiger partial charge in [0.15, 0.2) is 0 Å². The van der Waals surface area contributed by atoms with Crippen LogP contribution in [0.2, 0.25) is 0 Å². The van der Waals surface area contributed by atoms with Crippen LogP contribution in [-0.2, 0) is 16.0 Å². The number of benzene rings is 1. The van der Waals surface area contributed by atoms with Crippen LogP contribution in [0.1, 0.15) is 11.1 Å². The minimum absolute atomic E-state index is 0.0342. The molecule has 0 saturated carbocycles. The Morgan fingerprint density at radius 2 is 2.12 bits per heavy atom. The molecule has 0 spiro atoms. The van der Waals surface area contributed by atoms with E-state index in [4.69, 9.17) is 9.47 Å². The van der Waals surface area contributed by atoms with E-state index in [0.29, 0.717) is 25.4 Å². The van der Waals surface area contributed by atoms with E-state index in [0.717, 1.165) is 11.1 Å². The molecule has 2 N–H and O–H groups in total. The summed E-state index contributed by atoms with van der Waals surface area (Å²) < 4.78 is 10.3. The van der Waals surface area contributed by atoms with Crippen molar-refractivity contribution < 1.29 is 14.6 Å². The van der Waals surface area contributed by atoms with Crippen LogP contribution in [0.25, 0.3) is 0 Å². The van der Waals surface area contributed by atoms with E-state index in [2.05, 4.69) is 5.32 Å². The maximum Gasteiger partial charge on any atom is 0.122 e. The number of ether oxygens (including phenoxy) is 2. The molecule has 0 radical (unpaired) electrons. The van der Waals surface area contributed by atoms with Gasteiger partial charge in [0.25, 0.3) is 0 Å². The first kappa shape index (κ1) is 14.0. The molecule has 4 heteroatoms. The SMILES string of the molecule is COCC(CNCc1cccc(C)c1O)OC. The van der Waals surface area contributed by atoms with Gasteiger partial charge in [-0.1, -0.05) is 18.2 Å². The summed E-state index contributed by atoms with van der Waals surface area (Å²) in [6, 6.07) is 5.74. The number of hydrogen-bond donors (Lipinski definition) is 2. The minimum Gasteiger partial charge on any atom is -0.507 e. The number of hydrogen-bond acceptors (Lipinski definition) is 4. The highest BCUT2D eigenvalue weighted by atomic mass is 16.5. The number of rotatable bonds is 7. The average molecular weight is 239 g/mol. The highest BCUT2D eigenvalue weighted by Gasteiger charge is 2.07. The average Bonchev–Trinajstić information content (AvgIpc) is 2.33. The Balaban J connectivity index is 2.42. The van der Waals surface area contributed by atoms with Crippen LogP contribution in [0.5, 0.6) is 5.75 Å². The maximum atomic E-state index is 9.83. The summed E-state index contributed by atoms with van der Waals surface area (Å²) in [7, 11) is 3.31. The van der Waals surface area contributed by atoms with Crippen molar-refractivity contribution in [2.45, 2.75) is 19.6 Å². The number of para-hydroxylation sites is 1. The van der Waals surface area contributed by atoms with E-state index in [1.165, 1.54) is 0 Å². The van der Waals surface area contributed by atoms with Gasteiger partial charge in [-0.3, -0.25) is 0 Å². The Kier molecular flexibility index (Phi) is 5.97. The summed E-state index contributed by atoms with van der Waals surface area (Å²) in [5.41, 5.74) is 1.79. The molecule has 1 unspecified atom stereocenters. The first-order valence-corrected chi connectivity index (χ1v) is 5.69. The largest absolute Gasteiger partial charge is 0.507 e. The molecule has 1 aromatic rings. The summed E-state index contributed by atoms with van der Waals surface area (Å²) in [6.07, 6.45) is 0.0342. The molecule has 0 amide bonds. The predicted molar refractivity (Wildman–Crippen MR) is 67.2 cm³/mol. The molecule has 0 aromatic heterocycles. The van der Waals surface area contributed by atoms with Crippen molar-refractivity contribution in [1.29, 1.82) is 0 Å². The Morgan fingerprint density at radius 1 is 1.35 bits per heavy atom. The normalized spacial score (nSPS) is 12.6. The zero-order valence-corrected chi connectivity index (χ0v) is 10.7. The summed E-state index contributed by atoms with van der Waals surface area (Å²) in [4.78, 5) is 0. The van der Waals surface area contributed by atoms with Crippen molar-refractivity contribution >= 4 is 0 Å². The molecule has 1 atom stereocenters. The lowest BCUT2D eigenvalue weighted by atomic mass is 10.1. The summed E-state index contributed by atoms with van der Waals surface area (Å²) in [5.74, 6) is 0.362. The van der Waals surface area contributed by atoms with Gasteiger partial charge in [0.1, 0.15) is 5.75 Å². The van der Waals surface area contributed by atoms with Crippen molar-refractivity contribution in [3.05, 3.63) is 29.3 Å². The number of methoxy groups -OCH3 is 2. The molecule has 4 nitrogen and oxygen atoms in total. The van der Waals surface area contributed by atoms with Crippen molar-refractivity contribution in [1.82, 2.24) is 5.32 Å². The van der Waals surface area contributed by atoms with E-state index in [-0.39, 0.29) is 6.10 Å². The molecule has 0 fully saturated rings. The summed E-state index contributed by atoms with van der Waals surface area (Å²) in [5, 5.41) is 13.1. The lowest BCUT2D eigenvalue weighted by Crippen LogP contribution is -2.31. The van der Waals surface area contributed by atoms with Crippen LogP contribution < -0.4 is 5.32 Å². The number of phenolic OH excluding ortho intramolecular Hbond substituents is 1. The Morgan fingerprint density at radius 3 is 2.76 bits per heavy atom. The molecule has 0 aliphatic heterocycles. The standard InChI is InChI=1S/C13H21NO3/c1-10-5-4-6-11(13(10)15)7-14-8-12(17-3)9-16-2/h4-6,12,14-15H,7-9H2,1-3H3. The van der Waals surface area contributed by atoms with Gasteiger partial charge in [-0.2, -0.15) is 0 Å². The predicted octanol–water partition coefficient (Wildman–Crippen LogP) is 1.45. The minimum atomic E-state index is 0.0342. The van der Waals surface area contributed by atoms with Gasteiger partial charge in [-0.25, -0.2) is 0 Å². The fourth-order valence-electron chi connectivity index (χ4n) is 1.63. The molecule has 0 heterocycles. The van der Waals surface area contributed by atoms with Crippen LogP contribution in [0, 0.1) is 6.92 Å². The van der Waals surface area contributed by atoms with Crippen LogP contribution >= 0.6 is 0 Å². The van der Waals surface area contributed by atoms with Crippen LogP contribution in [0.4, 0.5) is 0 Å². The summed E-state index contributed by atoms with van der Waals surface area (Å²) in [6.45, 7) is 3.76. The Hall–Kier alpha value is -1.10. The van der Waals surface area contributed by atoms with Crippen LogP contribution in [0.15, 0.2) is 18.2 Å². The van der Waals surface area contributed by atoms with E-state index < -0.39 is 0 Å². The second-order valence-corrected chi connectivity index (χ2v) is 4.03. The molecule has 17 heavy (non-hydrogen) atoms. The molecular weight excluding hydrogens is 218 g/mol. The van der Waals surface area contributed by atoms with Gasteiger partial charge in [0.2, 0.25) is 0 Å². The number of nitrogens with one attached hydrogen (secondary N) is 1. The third-order valence-corrected chi connectivity index (χ3v) is 2.69. The Bertz CT molecular complexity index is 341. The fraction of sp³-hybridized carbons (Fsp3) is 0.538. The van der Waals surface area contributed by atoms with E-state index >= 15 is 0 Å². The van der Waals surface area contributed by atoms with Crippen LogP contribution in [-0.4, -0.2) is 38.6 Å². The Labute approximate surface area is 103 Å². The summed E-state index contributed by atoms with van der Waals surface area (Å²) >= 11 is 0. The molecular formula is C13H21NO3. The van der Waals surface area contributed by atoms with Gasteiger partial charge in [-0.15, -0.1) is 0 Å². The smallest absolute Gasteiger partial charge is 0.122 e. The molecule has 0 aliphatic rings. The lowest BCUT2D eigenvalue weighted by molar-refractivity contribution is 0.0287. The second-order valence-electron chi connectivity index (χ2n) is 4.03. The first-order valence-electron chi connectivity index (χ1n) is 5.69. The molecule has 1 aromatic carbocycles. The van der Waals surface area contributed by atoms with Gasteiger partial charge in [0, 0.05) is 32.9 Å². The number of aromatic hydroxyl groups is 1. The second kappa shape index (κ2) is 7.27. The van der Waals surface area contributed by atoms with Gasteiger partial charge < -0.3 is 19.9 Å². The topological polar surface area (TPSA) is 50.7 Å². The highest BCUT2D eigenvalue weighted by molar-refractivity contribution is 5.39. The van der Waals surface area contributed by atoms with Gasteiger partial charge in [0.05, 0.1) is 12.7 Å². The number of phenols is 1. The van der Waals surface area contributed by atoms with E-state index in [1.54, 1.807) is 14.2 Å². The van der Waals surface area contributed by atoms with E-state index in [9.17, 15) is 5.11 Å². The van der Waals surface area contributed by atoms with Crippen molar-refractivity contribution in [3.8, 4) is 5.75 Å². The quantitative estimate of drug-likeness (QED) is 0.756. The molecule has 0 aliphatic carbocycles. The molecule has 1 rings (SSSR count). The van der Waals surface area contributed by atoms with Gasteiger partial charge >= 0.3 is 0 Å². The molecule has 96 valence electrons. The zero-order chi connectivity index (χ0) is 12.7. The fourth-order valence-corrected chi connectivity index (χ4v) is 1.63. The molecule has 0 saturated heterocycles. The molecule has 0 bridgehead atoms. The first-order chi connectivity index (χ1) is 8.19. The third-order valence-electron chi connectivity index (χ3n) is 2.69. The van der Waals surface area contributed by atoms with Gasteiger partial charge in [-0.05, 0) is 12.5 Å². The van der Waals surface area contributed by atoms with Crippen molar-refractivity contribution in [3.63, 3.8) is 0 Å². The van der Waals surface area contributed by atoms with Crippen molar-refractivity contribution in [2.75, 3.05) is 27.4 Å². The lowest BCUT2D eigenvalue weighted by Gasteiger charge is -2.15. The number of aryl methyl sites for hydroxylation is 1. The van der Waals surface area contributed by atoms with E-state index in [1.807, 2.05) is 25.1 Å². The maximum absolute atomic E-state index is 9.83. The van der Waals surface area contributed by atoms with Crippen LogP contribution in [0.3, 0.4) is 0 Å². The highest BCUT2D eigenvalue weighted by Crippen LogP contribution is 2.20. The zero-order valence-electron chi connectivity index (χ0n) is 10.7. The van der Waals surface area contributed by atoms with Crippen molar-refractivity contribution in [2.24, 2.45) is 0 Å². The monoisotopic (exact) mass is 239 g/mol.